The normalized spacial score (nSPS) is 18.9. The van der Waals surface area contributed by atoms with Crippen molar-refractivity contribution in [2.24, 2.45) is 0 Å². The lowest BCUT2D eigenvalue weighted by atomic mass is 10.2. The van der Waals surface area contributed by atoms with E-state index in [0.29, 0.717) is 6.54 Å². The molecule has 0 amide bonds. The van der Waals surface area contributed by atoms with Crippen LogP contribution in [-0.4, -0.2) is 27.5 Å². The summed E-state index contributed by atoms with van der Waals surface area (Å²) >= 11 is 5.81. The van der Waals surface area contributed by atoms with Gasteiger partial charge in [0.1, 0.15) is 10.7 Å². The quantitative estimate of drug-likeness (QED) is 0.882. The fourth-order valence-corrected chi connectivity index (χ4v) is 3.73. The average Bonchev–Trinajstić information content (AvgIpc) is 2.84. The third-order valence-electron chi connectivity index (χ3n) is 3.18. The summed E-state index contributed by atoms with van der Waals surface area (Å²) in [6.07, 6.45) is 1.99. The molecular formula is C12H17Cl2FN2O2S. The number of halogens is 3. The summed E-state index contributed by atoms with van der Waals surface area (Å²) in [5, 5.41) is 3.09. The number of aryl methyl sites for hydroxylation is 1. The third kappa shape index (κ3) is 4.05. The highest BCUT2D eigenvalue weighted by atomic mass is 35.5. The molecule has 1 saturated heterocycles. The molecule has 1 aromatic rings. The van der Waals surface area contributed by atoms with Crippen LogP contribution in [0.4, 0.5) is 4.39 Å². The summed E-state index contributed by atoms with van der Waals surface area (Å²) in [6, 6.07) is 2.43. The highest BCUT2D eigenvalue weighted by Gasteiger charge is 2.22. The van der Waals surface area contributed by atoms with E-state index in [9.17, 15) is 12.8 Å². The van der Waals surface area contributed by atoms with Crippen molar-refractivity contribution in [2.75, 3.05) is 13.1 Å². The van der Waals surface area contributed by atoms with Crippen LogP contribution in [-0.2, 0) is 10.0 Å². The molecule has 0 radical (unpaired) electrons. The number of nitrogens with one attached hydrogen (secondary N) is 2. The molecule has 8 heteroatoms. The standard InChI is InChI=1S/C12H16ClFN2O2S.ClH/c1-8-5-12(10(13)6-11(8)14)19(17,18)16-7-9-3-2-4-15-9;/h5-6,9,15-16H,2-4,7H2,1H3;1H. The zero-order chi connectivity index (χ0) is 14.0. The number of sulfonamides is 1. The van der Waals surface area contributed by atoms with E-state index < -0.39 is 15.8 Å². The molecule has 0 aliphatic carbocycles. The molecule has 2 N–H and O–H groups in total. The molecule has 1 fully saturated rings. The molecule has 0 saturated carbocycles. The Balaban J connectivity index is 0.00000200. The fraction of sp³-hybridized carbons (Fsp3) is 0.500. The van der Waals surface area contributed by atoms with Gasteiger partial charge in [0.05, 0.1) is 5.02 Å². The van der Waals surface area contributed by atoms with E-state index in [0.717, 1.165) is 25.5 Å². The van der Waals surface area contributed by atoms with Crippen LogP contribution in [0.2, 0.25) is 5.02 Å². The minimum atomic E-state index is -3.71. The van der Waals surface area contributed by atoms with Gasteiger partial charge in [-0.1, -0.05) is 11.6 Å². The van der Waals surface area contributed by atoms with Crippen LogP contribution in [0, 0.1) is 12.7 Å². The van der Waals surface area contributed by atoms with E-state index in [2.05, 4.69) is 10.0 Å². The molecule has 0 bridgehead atoms. The lowest BCUT2D eigenvalue weighted by Gasteiger charge is -2.13. The molecule has 1 aliphatic heterocycles. The van der Waals surface area contributed by atoms with Crippen molar-refractivity contribution in [1.29, 1.82) is 0 Å². The van der Waals surface area contributed by atoms with E-state index in [4.69, 9.17) is 11.6 Å². The van der Waals surface area contributed by atoms with Gasteiger partial charge in [-0.25, -0.2) is 17.5 Å². The zero-order valence-electron chi connectivity index (χ0n) is 10.9. The second kappa shape index (κ2) is 7.04. The van der Waals surface area contributed by atoms with Gasteiger partial charge in [-0.15, -0.1) is 12.4 Å². The maximum absolute atomic E-state index is 13.3. The minimum absolute atomic E-state index is 0. The van der Waals surface area contributed by atoms with Crippen molar-refractivity contribution in [1.82, 2.24) is 10.0 Å². The van der Waals surface area contributed by atoms with Crippen LogP contribution < -0.4 is 10.0 Å². The topological polar surface area (TPSA) is 58.2 Å². The van der Waals surface area contributed by atoms with Gasteiger partial charge in [0, 0.05) is 12.6 Å². The van der Waals surface area contributed by atoms with Crippen LogP contribution in [0.3, 0.4) is 0 Å². The van der Waals surface area contributed by atoms with Gasteiger partial charge in [0.2, 0.25) is 10.0 Å². The number of rotatable bonds is 4. The second-order valence-electron chi connectivity index (χ2n) is 4.68. The average molecular weight is 343 g/mol. The lowest BCUT2D eigenvalue weighted by Crippen LogP contribution is -2.37. The Kier molecular flexibility index (Phi) is 6.22. The Bertz CT molecular complexity index is 575. The van der Waals surface area contributed by atoms with Gasteiger partial charge >= 0.3 is 0 Å². The van der Waals surface area contributed by atoms with E-state index in [-0.39, 0.29) is 33.9 Å². The van der Waals surface area contributed by atoms with Crippen LogP contribution in [0.1, 0.15) is 18.4 Å². The molecule has 20 heavy (non-hydrogen) atoms. The maximum atomic E-state index is 13.3. The van der Waals surface area contributed by atoms with E-state index in [1.807, 2.05) is 0 Å². The Morgan fingerprint density at radius 1 is 1.50 bits per heavy atom. The number of hydrogen-bond acceptors (Lipinski definition) is 3. The largest absolute Gasteiger partial charge is 0.313 e. The first kappa shape index (κ1) is 17.7. The summed E-state index contributed by atoms with van der Waals surface area (Å²) in [7, 11) is -3.71. The summed E-state index contributed by atoms with van der Waals surface area (Å²) in [4.78, 5) is -0.0777. The van der Waals surface area contributed by atoms with Crippen molar-refractivity contribution >= 4 is 34.0 Å². The first-order valence-corrected chi connectivity index (χ1v) is 7.95. The van der Waals surface area contributed by atoms with Crippen molar-refractivity contribution in [3.63, 3.8) is 0 Å². The molecular weight excluding hydrogens is 326 g/mol. The summed E-state index contributed by atoms with van der Waals surface area (Å²) in [6.45, 7) is 2.72. The summed E-state index contributed by atoms with van der Waals surface area (Å²) < 4.78 is 40.0. The van der Waals surface area contributed by atoms with Crippen LogP contribution in [0.5, 0.6) is 0 Å². The van der Waals surface area contributed by atoms with Gasteiger partial charge in [0.25, 0.3) is 0 Å². The number of hydrogen-bond donors (Lipinski definition) is 2. The van der Waals surface area contributed by atoms with E-state index >= 15 is 0 Å². The molecule has 1 unspecified atom stereocenters. The first-order valence-electron chi connectivity index (χ1n) is 6.09. The van der Waals surface area contributed by atoms with Gasteiger partial charge in [-0.2, -0.15) is 0 Å². The summed E-state index contributed by atoms with van der Waals surface area (Å²) in [5.41, 5.74) is 0.253. The fourth-order valence-electron chi connectivity index (χ4n) is 2.06. The Labute approximate surface area is 129 Å². The van der Waals surface area contributed by atoms with Gasteiger partial charge < -0.3 is 5.32 Å². The van der Waals surface area contributed by atoms with Crippen molar-refractivity contribution in [3.05, 3.63) is 28.5 Å². The molecule has 4 nitrogen and oxygen atoms in total. The second-order valence-corrected chi connectivity index (χ2v) is 6.82. The van der Waals surface area contributed by atoms with Crippen molar-refractivity contribution < 1.29 is 12.8 Å². The zero-order valence-corrected chi connectivity index (χ0v) is 13.3. The maximum Gasteiger partial charge on any atom is 0.242 e. The third-order valence-corrected chi connectivity index (χ3v) is 5.07. The van der Waals surface area contributed by atoms with Gasteiger partial charge in [-0.05, 0) is 44.0 Å². The lowest BCUT2D eigenvalue weighted by molar-refractivity contribution is 0.551. The number of benzene rings is 1. The predicted octanol–water partition coefficient (Wildman–Crippen LogP) is 2.24. The predicted molar refractivity (Wildman–Crippen MR) is 79.6 cm³/mol. The molecule has 2 rings (SSSR count). The van der Waals surface area contributed by atoms with E-state index in [1.165, 1.54) is 13.0 Å². The molecule has 0 aromatic heterocycles. The van der Waals surface area contributed by atoms with Crippen LogP contribution >= 0.6 is 24.0 Å². The Morgan fingerprint density at radius 3 is 2.80 bits per heavy atom. The highest BCUT2D eigenvalue weighted by molar-refractivity contribution is 7.89. The van der Waals surface area contributed by atoms with Gasteiger partial charge in [-0.3, -0.25) is 0 Å². The molecule has 1 aliphatic rings. The minimum Gasteiger partial charge on any atom is -0.313 e. The van der Waals surface area contributed by atoms with Crippen LogP contribution in [0.25, 0.3) is 0 Å². The summed E-state index contributed by atoms with van der Waals surface area (Å²) in [5.74, 6) is -0.513. The molecule has 0 spiro atoms. The molecule has 1 atom stereocenters. The monoisotopic (exact) mass is 342 g/mol. The smallest absolute Gasteiger partial charge is 0.242 e. The van der Waals surface area contributed by atoms with E-state index in [1.54, 1.807) is 0 Å². The molecule has 1 heterocycles. The Hall–Kier alpha value is -0.400. The molecule has 1 aromatic carbocycles. The Morgan fingerprint density at radius 2 is 2.20 bits per heavy atom. The molecule has 114 valence electrons. The first-order chi connectivity index (χ1) is 8.90. The SMILES string of the molecule is Cc1cc(S(=O)(=O)NCC2CCCN2)c(Cl)cc1F.Cl. The highest BCUT2D eigenvalue weighted by Crippen LogP contribution is 2.24. The van der Waals surface area contributed by atoms with Gasteiger partial charge in [0.15, 0.2) is 0 Å². The van der Waals surface area contributed by atoms with Crippen molar-refractivity contribution in [3.8, 4) is 0 Å². The van der Waals surface area contributed by atoms with Crippen molar-refractivity contribution in [2.45, 2.75) is 30.7 Å². The van der Waals surface area contributed by atoms with Crippen LogP contribution in [0.15, 0.2) is 17.0 Å².